The van der Waals surface area contributed by atoms with Gasteiger partial charge in [-0.2, -0.15) is 0 Å². The Kier molecular flexibility index (Phi) is 60.1. The summed E-state index contributed by atoms with van der Waals surface area (Å²) in [6, 6.07) is -0.902. The number of carbonyl (C=O) groups is 2. The van der Waals surface area contributed by atoms with Crippen molar-refractivity contribution in [3.05, 3.63) is 85.1 Å². The van der Waals surface area contributed by atoms with Crippen molar-refractivity contribution in [3.8, 4) is 0 Å². The molecule has 0 spiro atoms. The van der Waals surface area contributed by atoms with Crippen LogP contribution in [0.15, 0.2) is 85.1 Å². The highest BCUT2D eigenvalue weighted by Crippen LogP contribution is 2.38. The van der Waals surface area contributed by atoms with Gasteiger partial charge in [0, 0.05) is 12.8 Å². The standard InChI is InChI=1S/C73H133N2O7P/c1-7-10-13-16-19-22-25-27-29-31-33-35-36-37-38-40-42-44-46-48-51-54-57-60-63-66-73(77)82-71(64-61-58-55-52-49-24-21-18-15-12-9-3)70(69-81-83(78,79)80-68-67-75(4,5)6)74-72(76)65-62-59-56-53-50-47-45-43-41-39-34-32-30-28-26-23-20-17-14-11-8-2/h11,14,20,23,27-30,34,39,43,45,61,64,70-71H,7-10,12-13,15-19,21-22,24-26,31-33,35-38,40-42,44,46-60,62-63,65-69H2,1-6H3,(H-,74,76,78,79)/b14-11-,23-20-,29-27+,30-28-,39-34-,45-43-,64-61+. The van der Waals surface area contributed by atoms with Gasteiger partial charge < -0.3 is 28.5 Å². The van der Waals surface area contributed by atoms with Crippen molar-refractivity contribution in [1.29, 1.82) is 0 Å². The van der Waals surface area contributed by atoms with E-state index in [1.807, 2.05) is 33.3 Å². The molecule has 1 amide bonds. The van der Waals surface area contributed by atoms with Gasteiger partial charge in [0.2, 0.25) is 5.91 Å². The Labute approximate surface area is 514 Å². The van der Waals surface area contributed by atoms with Crippen molar-refractivity contribution in [2.75, 3.05) is 40.9 Å². The van der Waals surface area contributed by atoms with Crippen molar-refractivity contribution in [2.24, 2.45) is 0 Å². The summed E-state index contributed by atoms with van der Waals surface area (Å²) >= 11 is 0. The predicted octanol–water partition coefficient (Wildman–Crippen LogP) is 21.5. The van der Waals surface area contributed by atoms with Gasteiger partial charge in [-0.25, -0.2) is 0 Å². The number of phosphoric ester groups is 1. The van der Waals surface area contributed by atoms with E-state index in [1.165, 1.54) is 173 Å². The number of likely N-dealkylation sites (N-methyl/N-ethyl adjacent to an activating group) is 1. The number of amides is 1. The molecular weight excluding hydrogens is 1050 g/mol. The van der Waals surface area contributed by atoms with Crippen LogP contribution in [-0.4, -0.2) is 69.4 Å². The van der Waals surface area contributed by atoms with Crippen molar-refractivity contribution < 1.29 is 37.3 Å². The first-order valence-corrected chi connectivity index (χ1v) is 36.4. The number of carbonyl (C=O) groups excluding carboxylic acids is 2. The van der Waals surface area contributed by atoms with Crippen LogP contribution in [0.2, 0.25) is 0 Å². The number of ether oxygens (including phenoxy) is 1. The molecule has 0 aromatic carbocycles. The average molecular weight is 1180 g/mol. The van der Waals surface area contributed by atoms with E-state index in [0.29, 0.717) is 23.9 Å². The smallest absolute Gasteiger partial charge is 0.306 e. The first-order valence-electron chi connectivity index (χ1n) is 34.9. The molecule has 0 aliphatic carbocycles. The van der Waals surface area contributed by atoms with Crippen LogP contribution in [0.5, 0.6) is 0 Å². The van der Waals surface area contributed by atoms with Crippen LogP contribution in [0.4, 0.5) is 0 Å². The Hall–Kier alpha value is -2.81. The Morgan fingerprint density at radius 1 is 0.434 bits per heavy atom. The molecule has 0 radical (unpaired) electrons. The molecular formula is C73H133N2O7P. The number of nitrogens with zero attached hydrogens (tertiary/aromatic N) is 1. The highest BCUT2D eigenvalue weighted by molar-refractivity contribution is 7.45. The summed E-state index contributed by atoms with van der Waals surface area (Å²) in [6.07, 6.45) is 82.8. The third-order valence-corrected chi connectivity index (χ3v) is 16.3. The molecule has 3 atom stereocenters. The van der Waals surface area contributed by atoms with Crippen LogP contribution < -0.4 is 10.2 Å². The van der Waals surface area contributed by atoms with Crippen molar-refractivity contribution in [1.82, 2.24) is 5.32 Å². The lowest BCUT2D eigenvalue weighted by molar-refractivity contribution is -0.870. The SMILES string of the molecule is CC/C=C\C/C=C\C/C=C\C/C=C\C/C=C\CCCCCCCC(=O)NC(COP(=O)([O-])OCC[N+](C)(C)C)C(/C=C/CCCCCCCCCCC)OC(=O)CCCCCCCCCCCCCCCCC/C=C/CCCCCCCC. The zero-order valence-corrected chi connectivity index (χ0v) is 56.0. The van der Waals surface area contributed by atoms with E-state index in [9.17, 15) is 19.0 Å². The maximum absolute atomic E-state index is 13.6. The molecule has 0 bridgehead atoms. The minimum absolute atomic E-state index is 0.0288. The van der Waals surface area contributed by atoms with E-state index < -0.39 is 26.6 Å². The highest BCUT2D eigenvalue weighted by atomic mass is 31.2. The number of phosphoric acid groups is 1. The topological polar surface area (TPSA) is 114 Å². The fourth-order valence-corrected chi connectivity index (χ4v) is 10.7. The first-order chi connectivity index (χ1) is 40.4. The van der Waals surface area contributed by atoms with Crippen LogP contribution in [0.3, 0.4) is 0 Å². The van der Waals surface area contributed by atoms with Crippen LogP contribution in [0.25, 0.3) is 0 Å². The molecule has 0 aliphatic heterocycles. The van der Waals surface area contributed by atoms with E-state index in [2.05, 4.69) is 99.0 Å². The minimum atomic E-state index is -4.71. The normalized spacial score (nSPS) is 14.1. The fourth-order valence-electron chi connectivity index (χ4n) is 9.96. The molecule has 0 rings (SSSR count). The summed E-state index contributed by atoms with van der Waals surface area (Å²) in [5, 5.41) is 3.03. The number of rotatable bonds is 63. The summed E-state index contributed by atoms with van der Waals surface area (Å²) < 4.78 is 30.4. The van der Waals surface area contributed by atoms with Crippen LogP contribution in [0.1, 0.15) is 316 Å². The van der Waals surface area contributed by atoms with Gasteiger partial charge in [-0.1, -0.05) is 286 Å². The van der Waals surface area contributed by atoms with Gasteiger partial charge in [0.25, 0.3) is 7.82 Å². The van der Waals surface area contributed by atoms with E-state index in [0.717, 1.165) is 103 Å². The van der Waals surface area contributed by atoms with Crippen LogP contribution in [0, 0.1) is 0 Å². The summed E-state index contributed by atoms with van der Waals surface area (Å²) in [5.41, 5.74) is 0. The number of quaternary nitrogens is 1. The minimum Gasteiger partial charge on any atom is -0.756 e. The maximum Gasteiger partial charge on any atom is 0.306 e. The molecule has 0 saturated heterocycles. The van der Waals surface area contributed by atoms with Gasteiger partial charge >= 0.3 is 5.97 Å². The molecule has 10 heteroatoms. The summed E-state index contributed by atoms with van der Waals surface area (Å²) in [5.74, 6) is -0.557. The largest absolute Gasteiger partial charge is 0.756 e. The third-order valence-electron chi connectivity index (χ3n) is 15.3. The molecule has 0 saturated carbocycles. The molecule has 0 fully saturated rings. The predicted molar refractivity (Wildman–Crippen MR) is 358 cm³/mol. The van der Waals surface area contributed by atoms with Crippen molar-refractivity contribution >= 4 is 19.7 Å². The van der Waals surface area contributed by atoms with Crippen molar-refractivity contribution in [2.45, 2.75) is 328 Å². The molecule has 482 valence electrons. The summed E-state index contributed by atoms with van der Waals surface area (Å²) in [6.45, 7) is 6.73. The second kappa shape index (κ2) is 62.2. The number of unbranched alkanes of at least 4 members (excludes halogenated alkanes) is 35. The Balaban J connectivity index is 5.07. The molecule has 0 aliphatic rings. The Morgan fingerprint density at radius 3 is 1.17 bits per heavy atom. The van der Waals surface area contributed by atoms with Gasteiger partial charge in [0.1, 0.15) is 19.3 Å². The van der Waals surface area contributed by atoms with Crippen LogP contribution in [-0.2, 0) is 27.9 Å². The zero-order valence-electron chi connectivity index (χ0n) is 55.1. The maximum atomic E-state index is 13.6. The van der Waals surface area contributed by atoms with Gasteiger partial charge in [-0.3, -0.25) is 14.2 Å². The van der Waals surface area contributed by atoms with E-state index in [1.54, 1.807) is 0 Å². The molecule has 0 aromatic heterocycles. The zero-order chi connectivity index (χ0) is 60.7. The van der Waals surface area contributed by atoms with Gasteiger partial charge in [0.15, 0.2) is 0 Å². The molecule has 0 aromatic rings. The van der Waals surface area contributed by atoms with E-state index in [4.69, 9.17) is 13.8 Å². The summed E-state index contributed by atoms with van der Waals surface area (Å²) in [4.78, 5) is 40.1. The number of allylic oxidation sites excluding steroid dienone is 13. The Bertz CT molecular complexity index is 1700. The molecule has 9 nitrogen and oxygen atoms in total. The molecule has 83 heavy (non-hydrogen) atoms. The average Bonchev–Trinajstić information content (AvgIpc) is 3.51. The van der Waals surface area contributed by atoms with Crippen LogP contribution >= 0.6 is 7.82 Å². The number of esters is 1. The highest BCUT2D eigenvalue weighted by Gasteiger charge is 2.27. The van der Waals surface area contributed by atoms with Gasteiger partial charge in [0.05, 0.1) is 33.8 Å². The molecule has 3 unspecified atom stereocenters. The number of hydrogen-bond donors (Lipinski definition) is 1. The van der Waals surface area contributed by atoms with Crippen molar-refractivity contribution in [3.63, 3.8) is 0 Å². The fraction of sp³-hybridized carbons (Fsp3) is 0.781. The third kappa shape index (κ3) is 63.5. The number of nitrogens with one attached hydrogen (secondary N) is 1. The number of hydrogen-bond acceptors (Lipinski definition) is 7. The monoisotopic (exact) mass is 1180 g/mol. The molecule has 0 heterocycles. The Morgan fingerprint density at radius 2 is 0.771 bits per heavy atom. The lowest BCUT2D eigenvalue weighted by atomic mass is 10.0. The van der Waals surface area contributed by atoms with E-state index >= 15 is 0 Å². The lowest BCUT2D eigenvalue weighted by Crippen LogP contribution is -2.47. The first kappa shape index (κ1) is 80.2. The second-order valence-electron chi connectivity index (χ2n) is 24.6. The molecule has 1 N–H and O–H groups in total. The van der Waals surface area contributed by atoms with Gasteiger partial charge in [-0.15, -0.1) is 0 Å². The quantitative estimate of drug-likeness (QED) is 0.0212. The van der Waals surface area contributed by atoms with Gasteiger partial charge in [-0.05, 0) is 102 Å². The lowest BCUT2D eigenvalue weighted by Gasteiger charge is -2.30. The second-order valence-corrected chi connectivity index (χ2v) is 26.1. The summed E-state index contributed by atoms with van der Waals surface area (Å²) in [7, 11) is 1.17. The van der Waals surface area contributed by atoms with E-state index in [-0.39, 0.29) is 24.9 Å².